The summed E-state index contributed by atoms with van der Waals surface area (Å²) in [5, 5.41) is 2.88. The highest BCUT2D eigenvalue weighted by Crippen LogP contribution is 2.33. The molecule has 1 heterocycles. The van der Waals surface area contributed by atoms with Gasteiger partial charge < -0.3 is 5.32 Å². The van der Waals surface area contributed by atoms with Crippen LogP contribution in [0.3, 0.4) is 0 Å². The molecule has 1 aliphatic carbocycles. The van der Waals surface area contributed by atoms with Gasteiger partial charge in [0.25, 0.3) is 11.7 Å². The van der Waals surface area contributed by atoms with E-state index in [4.69, 9.17) is 0 Å². The van der Waals surface area contributed by atoms with Crippen molar-refractivity contribution < 1.29 is 22.8 Å². The Kier molecular flexibility index (Phi) is 5.46. The summed E-state index contributed by atoms with van der Waals surface area (Å²) in [4.78, 5) is 23.1. The van der Waals surface area contributed by atoms with Crippen molar-refractivity contribution in [1.82, 2.24) is 5.32 Å². The zero-order valence-corrected chi connectivity index (χ0v) is 14.7. The summed E-state index contributed by atoms with van der Waals surface area (Å²) in [5.74, 6) is -1.86. The number of thiophene rings is 1. The first kappa shape index (κ1) is 18.6. The lowest BCUT2D eigenvalue weighted by Crippen LogP contribution is -2.37. The average Bonchev–Trinajstić information content (AvgIpc) is 3.12. The standard InChI is InChI=1S/C19H18F3NO2S/c20-19(21,22)17(24)15-10-11-16(26-15)18(25)23-14-8-6-13(7-9-14)12-4-2-1-3-5-12/h1-5,10-11,13-14H,6-9H2,(H,23,25). The predicted molar refractivity (Wildman–Crippen MR) is 93.6 cm³/mol. The fourth-order valence-corrected chi connectivity index (χ4v) is 4.14. The van der Waals surface area contributed by atoms with E-state index in [0.29, 0.717) is 17.3 Å². The molecule has 1 aromatic carbocycles. The Morgan fingerprint density at radius 2 is 1.54 bits per heavy atom. The molecule has 1 aliphatic rings. The largest absolute Gasteiger partial charge is 0.455 e. The van der Waals surface area contributed by atoms with Crippen LogP contribution in [0.25, 0.3) is 0 Å². The van der Waals surface area contributed by atoms with E-state index in [1.165, 1.54) is 11.6 Å². The van der Waals surface area contributed by atoms with E-state index in [-0.39, 0.29) is 10.9 Å². The van der Waals surface area contributed by atoms with Crippen LogP contribution < -0.4 is 5.32 Å². The number of hydrogen-bond acceptors (Lipinski definition) is 3. The zero-order chi connectivity index (χ0) is 18.7. The molecule has 0 aliphatic heterocycles. The second-order valence-corrected chi connectivity index (χ2v) is 7.51. The molecule has 1 N–H and O–H groups in total. The molecule has 0 atom stereocenters. The van der Waals surface area contributed by atoms with Crippen molar-refractivity contribution >= 4 is 23.0 Å². The molecule has 0 radical (unpaired) electrons. The highest BCUT2D eigenvalue weighted by atomic mass is 32.1. The first-order valence-corrected chi connectivity index (χ1v) is 9.23. The number of amides is 1. The van der Waals surface area contributed by atoms with Crippen LogP contribution in [0.1, 0.15) is 56.5 Å². The van der Waals surface area contributed by atoms with Gasteiger partial charge in [0, 0.05) is 6.04 Å². The fourth-order valence-electron chi connectivity index (χ4n) is 3.27. The summed E-state index contributed by atoms with van der Waals surface area (Å²) in [6, 6.07) is 12.6. The lowest BCUT2D eigenvalue weighted by molar-refractivity contribution is -0.0882. The predicted octanol–water partition coefficient (Wildman–Crippen LogP) is 4.95. The normalized spacial score (nSPS) is 20.6. The molecule has 1 saturated carbocycles. The third kappa shape index (κ3) is 4.33. The molecule has 0 bridgehead atoms. The molecular formula is C19H18F3NO2S. The van der Waals surface area contributed by atoms with E-state index in [1.807, 2.05) is 18.2 Å². The Hall–Kier alpha value is -2.15. The molecule has 138 valence electrons. The highest BCUT2D eigenvalue weighted by Gasteiger charge is 2.40. The van der Waals surface area contributed by atoms with Gasteiger partial charge in [-0.15, -0.1) is 11.3 Å². The molecule has 0 unspecified atom stereocenters. The minimum absolute atomic E-state index is 0.00586. The van der Waals surface area contributed by atoms with Gasteiger partial charge in [-0.1, -0.05) is 30.3 Å². The topological polar surface area (TPSA) is 46.2 Å². The number of Topliss-reactive ketones (excluding diaryl/α,β-unsaturated/α-hetero) is 1. The molecule has 3 rings (SSSR count). The van der Waals surface area contributed by atoms with Crippen molar-refractivity contribution in [3.63, 3.8) is 0 Å². The Morgan fingerprint density at radius 3 is 2.15 bits per heavy atom. The Bertz CT molecular complexity index is 778. The first-order valence-electron chi connectivity index (χ1n) is 8.42. The van der Waals surface area contributed by atoms with Gasteiger partial charge >= 0.3 is 6.18 Å². The molecule has 7 heteroatoms. The number of halogens is 3. The van der Waals surface area contributed by atoms with Crippen LogP contribution in [0, 0.1) is 0 Å². The number of carbonyl (C=O) groups excluding carboxylic acids is 2. The molecule has 3 nitrogen and oxygen atoms in total. The van der Waals surface area contributed by atoms with Gasteiger partial charge in [-0.2, -0.15) is 13.2 Å². The molecule has 1 aromatic heterocycles. The minimum atomic E-state index is -4.92. The van der Waals surface area contributed by atoms with Crippen molar-refractivity contribution in [2.75, 3.05) is 0 Å². The maximum atomic E-state index is 12.5. The fraction of sp³-hybridized carbons (Fsp3) is 0.368. The SMILES string of the molecule is O=C(NC1CCC(c2ccccc2)CC1)c1ccc(C(=O)C(F)(F)F)s1. The minimum Gasteiger partial charge on any atom is -0.349 e. The number of hydrogen-bond donors (Lipinski definition) is 1. The smallest absolute Gasteiger partial charge is 0.349 e. The van der Waals surface area contributed by atoms with Gasteiger partial charge in [-0.3, -0.25) is 9.59 Å². The number of benzene rings is 1. The molecule has 1 fully saturated rings. The van der Waals surface area contributed by atoms with E-state index in [9.17, 15) is 22.8 Å². The van der Waals surface area contributed by atoms with Gasteiger partial charge in [0.05, 0.1) is 9.75 Å². The van der Waals surface area contributed by atoms with E-state index in [2.05, 4.69) is 17.4 Å². The molecule has 1 amide bonds. The average molecular weight is 381 g/mol. The monoisotopic (exact) mass is 381 g/mol. The van der Waals surface area contributed by atoms with Crippen LogP contribution in [-0.4, -0.2) is 23.9 Å². The summed E-state index contributed by atoms with van der Waals surface area (Å²) < 4.78 is 37.4. The maximum Gasteiger partial charge on any atom is 0.455 e. The second-order valence-electron chi connectivity index (χ2n) is 6.42. The summed E-state index contributed by atoms with van der Waals surface area (Å²) >= 11 is 0.580. The lowest BCUT2D eigenvalue weighted by Gasteiger charge is -2.29. The van der Waals surface area contributed by atoms with Crippen LogP contribution in [0.4, 0.5) is 13.2 Å². The molecule has 26 heavy (non-hydrogen) atoms. The van der Waals surface area contributed by atoms with Crippen LogP contribution >= 0.6 is 11.3 Å². The van der Waals surface area contributed by atoms with Crippen LogP contribution in [0.15, 0.2) is 42.5 Å². The Labute approximate surface area is 153 Å². The van der Waals surface area contributed by atoms with Crippen LogP contribution in [0.5, 0.6) is 0 Å². The van der Waals surface area contributed by atoms with Crippen molar-refractivity contribution in [1.29, 1.82) is 0 Å². The third-order valence-corrected chi connectivity index (χ3v) is 5.73. The summed E-state index contributed by atoms with van der Waals surface area (Å²) in [7, 11) is 0. The van der Waals surface area contributed by atoms with E-state index in [0.717, 1.165) is 31.7 Å². The first-order chi connectivity index (χ1) is 12.3. The third-order valence-electron chi connectivity index (χ3n) is 4.64. The number of rotatable bonds is 4. The van der Waals surface area contributed by atoms with E-state index >= 15 is 0 Å². The second kappa shape index (κ2) is 7.61. The summed E-state index contributed by atoms with van der Waals surface area (Å²) in [6.07, 6.45) is -1.36. The van der Waals surface area contributed by atoms with Gasteiger partial charge in [0.1, 0.15) is 0 Å². The van der Waals surface area contributed by atoms with Crippen molar-refractivity contribution in [2.45, 2.75) is 43.8 Å². The van der Waals surface area contributed by atoms with Gasteiger partial charge in [0.15, 0.2) is 0 Å². The van der Waals surface area contributed by atoms with Gasteiger partial charge in [-0.25, -0.2) is 0 Å². The number of ketones is 1. The Morgan fingerprint density at radius 1 is 0.923 bits per heavy atom. The van der Waals surface area contributed by atoms with Gasteiger partial charge in [-0.05, 0) is 49.3 Å². The van der Waals surface area contributed by atoms with Crippen LogP contribution in [0.2, 0.25) is 0 Å². The zero-order valence-electron chi connectivity index (χ0n) is 13.9. The van der Waals surface area contributed by atoms with Gasteiger partial charge in [0.2, 0.25) is 0 Å². The summed E-state index contributed by atoms with van der Waals surface area (Å²) in [5.41, 5.74) is 1.30. The lowest BCUT2D eigenvalue weighted by atomic mass is 9.82. The quantitative estimate of drug-likeness (QED) is 0.762. The van der Waals surface area contributed by atoms with Crippen molar-refractivity contribution in [3.8, 4) is 0 Å². The maximum absolute atomic E-state index is 12.5. The van der Waals surface area contributed by atoms with E-state index < -0.39 is 22.7 Å². The molecular weight excluding hydrogens is 363 g/mol. The van der Waals surface area contributed by atoms with Crippen molar-refractivity contribution in [2.24, 2.45) is 0 Å². The molecule has 0 saturated heterocycles. The molecule has 0 spiro atoms. The number of alkyl halides is 3. The molecule has 2 aromatic rings. The highest BCUT2D eigenvalue weighted by molar-refractivity contribution is 7.16. The Balaban J connectivity index is 1.55. The van der Waals surface area contributed by atoms with E-state index in [1.54, 1.807) is 0 Å². The number of nitrogens with one attached hydrogen (secondary N) is 1. The van der Waals surface area contributed by atoms with Crippen molar-refractivity contribution in [3.05, 3.63) is 57.8 Å². The summed E-state index contributed by atoms with van der Waals surface area (Å²) in [6.45, 7) is 0. The van der Waals surface area contributed by atoms with Crippen LogP contribution in [-0.2, 0) is 0 Å². The number of carbonyl (C=O) groups is 2.